The summed E-state index contributed by atoms with van der Waals surface area (Å²) in [5.74, 6) is -0.830. The van der Waals surface area contributed by atoms with Crippen LogP contribution in [-0.2, 0) is 15.1 Å². The van der Waals surface area contributed by atoms with E-state index in [1.807, 2.05) is 13.0 Å². The molecule has 16 heavy (non-hydrogen) atoms. The second-order valence-electron chi connectivity index (χ2n) is 3.61. The second-order valence-corrected chi connectivity index (χ2v) is 3.61. The Morgan fingerprint density at radius 3 is 2.69 bits per heavy atom. The lowest BCUT2D eigenvalue weighted by atomic mass is 9.93. The molecule has 0 aliphatic carbocycles. The van der Waals surface area contributed by atoms with Crippen LogP contribution in [0.3, 0.4) is 0 Å². The first-order valence-corrected chi connectivity index (χ1v) is 5.12. The van der Waals surface area contributed by atoms with Gasteiger partial charge in [0.2, 0.25) is 5.60 Å². The molecule has 0 bridgehead atoms. The van der Waals surface area contributed by atoms with E-state index in [0.717, 1.165) is 5.56 Å². The van der Waals surface area contributed by atoms with E-state index in [1.165, 1.54) is 0 Å². The van der Waals surface area contributed by atoms with Crippen molar-refractivity contribution in [3.05, 3.63) is 35.4 Å². The van der Waals surface area contributed by atoms with Gasteiger partial charge >= 0.3 is 5.97 Å². The molecule has 0 radical (unpaired) electrons. The first kappa shape index (κ1) is 12.7. The standard InChI is InChI=1S/C12H16O4/c1-3-16-11(14)12(15,8-13)10-6-4-5-9(2)7-10/h4-7,13,15H,3,8H2,1-2H3. The molecule has 2 N–H and O–H groups in total. The van der Waals surface area contributed by atoms with Crippen LogP contribution < -0.4 is 0 Å². The molecule has 4 heteroatoms. The smallest absolute Gasteiger partial charge is 0.345 e. The number of hydrogen-bond donors (Lipinski definition) is 2. The normalized spacial score (nSPS) is 14.2. The van der Waals surface area contributed by atoms with Crippen LogP contribution in [0.25, 0.3) is 0 Å². The Hall–Kier alpha value is -1.39. The third-order valence-electron chi connectivity index (χ3n) is 2.34. The number of ether oxygens (including phenoxy) is 1. The predicted octanol–water partition coefficient (Wildman–Crippen LogP) is 0.738. The maximum atomic E-state index is 11.6. The Kier molecular flexibility index (Phi) is 4.04. The SMILES string of the molecule is CCOC(=O)C(O)(CO)c1cccc(C)c1. The quantitative estimate of drug-likeness (QED) is 0.740. The minimum absolute atomic E-state index is 0.160. The molecule has 0 saturated heterocycles. The third kappa shape index (κ3) is 2.40. The highest BCUT2D eigenvalue weighted by Gasteiger charge is 2.39. The summed E-state index contributed by atoms with van der Waals surface area (Å²) in [6.45, 7) is 2.95. The Morgan fingerprint density at radius 1 is 1.50 bits per heavy atom. The van der Waals surface area contributed by atoms with E-state index in [4.69, 9.17) is 4.74 Å². The second kappa shape index (κ2) is 5.09. The van der Waals surface area contributed by atoms with Gasteiger partial charge in [-0.1, -0.05) is 29.8 Å². The van der Waals surface area contributed by atoms with Crippen LogP contribution in [0.5, 0.6) is 0 Å². The molecule has 0 saturated carbocycles. The summed E-state index contributed by atoms with van der Waals surface area (Å²) in [7, 11) is 0. The van der Waals surface area contributed by atoms with Crippen LogP contribution >= 0.6 is 0 Å². The minimum atomic E-state index is -1.97. The van der Waals surface area contributed by atoms with E-state index in [-0.39, 0.29) is 6.61 Å². The van der Waals surface area contributed by atoms with Crippen molar-refractivity contribution in [1.29, 1.82) is 0 Å². The van der Waals surface area contributed by atoms with Crippen LogP contribution in [0, 0.1) is 6.92 Å². The fraction of sp³-hybridized carbons (Fsp3) is 0.417. The minimum Gasteiger partial charge on any atom is -0.464 e. The largest absolute Gasteiger partial charge is 0.464 e. The summed E-state index contributed by atoms with van der Waals surface area (Å²) in [5, 5.41) is 19.3. The summed E-state index contributed by atoms with van der Waals surface area (Å²) in [4.78, 5) is 11.6. The van der Waals surface area contributed by atoms with Gasteiger partial charge in [-0.05, 0) is 19.4 Å². The molecule has 0 spiro atoms. The van der Waals surface area contributed by atoms with Crippen molar-refractivity contribution in [3.63, 3.8) is 0 Å². The lowest BCUT2D eigenvalue weighted by Gasteiger charge is -2.24. The van der Waals surface area contributed by atoms with Crippen LogP contribution in [0.4, 0.5) is 0 Å². The third-order valence-corrected chi connectivity index (χ3v) is 2.34. The fourth-order valence-corrected chi connectivity index (χ4v) is 1.43. The number of rotatable bonds is 4. The van der Waals surface area contributed by atoms with Gasteiger partial charge in [0.15, 0.2) is 0 Å². The summed E-state index contributed by atoms with van der Waals surface area (Å²) in [6.07, 6.45) is 0. The van der Waals surface area contributed by atoms with Gasteiger partial charge in [-0.25, -0.2) is 4.79 Å². The summed E-state index contributed by atoms with van der Waals surface area (Å²) in [6, 6.07) is 6.78. The molecule has 1 atom stereocenters. The molecule has 0 aliphatic heterocycles. The van der Waals surface area contributed by atoms with Gasteiger partial charge in [0.1, 0.15) is 0 Å². The first-order chi connectivity index (χ1) is 7.54. The number of aliphatic hydroxyl groups excluding tert-OH is 1. The Balaban J connectivity index is 3.09. The van der Waals surface area contributed by atoms with Gasteiger partial charge in [-0.2, -0.15) is 0 Å². The molecule has 4 nitrogen and oxygen atoms in total. The zero-order valence-electron chi connectivity index (χ0n) is 9.43. The van der Waals surface area contributed by atoms with Crippen molar-refractivity contribution in [3.8, 4) is 0 Å². The molecule has 0 aromatic heterocycles. The number of esters is 1. The Bertz CT molecular complexity index is 375. The molecule has 0 amide bonds. The average molecular weight is 224 g/mol. The van der Waals surface area contributed by atoms with Crippen LogP contribution in [0.2, 0.25) is 0 Å². The maximum Gasteiger partial charge on any atom is 0.345 e. The average Bonchev–Trinajstić information content (AvgIpc) is 2.28. The number of carbonyl (C=O) groups excluding carboxylic acids is 1. The van der Waals surface area contributed by atoms with Crippen LogP contribution in [0.1, 0.15) is 18.1 Å². The molecule has 0 aliphatic rings. The topological polar surface area (TPSA) is 66.8 Å². The van der Waals surface area contributed by atoms with E-state index in [1.54, 1.807) is 25.1 Å². The first-order valence-electron chi connectivity index (χ1n) is 5.12. The highest BCUT2D eigenvalue weighted by atomic mass is 16.6. The lowest BCUT2D eigenvalue weighted by Crippen LogP contribution is -2.41. The maximum absolute atomic E-state index is 11.6. The molecule has 0 heterocycles. The zero-order valence-corrected chi connectivity index (χ0v) is 9.43. The molecule has 1 aromatic carbocycles. The molecule has 1 rings (SSSR count). The van der Waals surface area contributed by atoms with E-state index >= 15 is 0 Å². The fourth-order valence-electron chi connectivity index (χ4n) is 1.43. The van der Waals surface area contributed by atoms with Crippen molar-refractivity contribution in [2.45, 2.75) is 19.4 Å². The van der Waals surface area contributed by atoms with E-state index in [9.17, 15) is 15.0 Å². The van der Waals surface area contributed by atoms with Gasteiger partial charge in [-0.15, -0.1) is 0 Å². The van der Waals surface area contributed by atoms with Gasteiger partial charge in [0, 0.05) is 0 Å². The Morgan fingerprint density at radius 2 is 2.19 bits per heavy atom. The molecular formula is C12H16O4. The number of aliphatic hydroxyl groups is 2. The summed E-state index contributed by atoms with van der Waals surface area (Å²) < 4.78 is 4.74. The van der Waals surface area contributed by atoms with E-state index < -0.39 is 18.2 Å². The molecule has 88 valence electrons. The van der Waals surface area contributed by atoms with Crippen LogP contribution in [0.15, 0.2) is 24.3 Å². The number of benzene rings is 1. The molecule has 0 fully saturated rings. The van der Waals surface area contributed by atoms with Crippen LogP contribution in [-0.4, -0.2) is 29.4 Å². The lowest BCUT2D eigenvalue weighted by molar-refractivity contribution is -0.170. The summed E-state index contributed by atoms with van der Waals surface area (Å²) >= 11 is 0. The van der Waals surface area contributed by atoms with Gasteiger partial charge in [0.25, 0.3) is 0 Å². The van der Waals surface area contributed by atoms with Crippen molar-refractivity contribution in [2.24, 2.45) is 0 Å². The van der Waals surface area contributed by atoms with Gasteiger partial charge < -0.3 is 14.9 Å². The molecule has 1 aromatic rings. The zero-order chi connectivity index (χ0) is 12.2. The van der Waals surface area contributed by atoms with E-state index in [0.29, 0.717) is 5.56 Å². The molecular weight excluding hydrogens is 208 g/mol. The van der Waals surface area contributed by atoms with Crippen molar-refractivity contribution in [2.75, 3.05) is 13.2 Å². The monoisotopic (exact) mass is 224 g/mol. The number of hydrogen-bond acceptors (Lipinski definition) is 4. The van der Waals surface area contributed by atoms with Crippen molar-refractivity contribution >= 4 is 5.97 Å². The highest BCUT2D eigenvalue weighted by molar-refractivity contribution is 5.81. The number of aryl methyl sites for hydroxylation is 1. The Labute approximate surface area is 94.5 Å². The summed E-state index contributed by atoms with van der Waals surface area (Å²) in [5.41, 5.74) is -0.732. The predicted molar refractivity (Wildman–Crippen MR) is 58.8 cm³/mol. The van der Waals surface area contributed by atoms with Crippen molar-refractivity contribution in [1.82, 2.24) is 0 Å². The van der Waals surface area contributed by atoms with E-state index in [2.05, 4.69) is 0 Å². The van der Waals surface area contributed by atoms with Crippen molar-refractivity contribution < 1.29 is 19.7 Å². The number of carbonyl (C=O) groups is 1. The van der Waals surface area contributed by atoms with Gasteiger partial charge in [0.05, 0.1) is 13.2 Å². The molecule has 1 unspecified atom stereocenters. The van der Waals surface area contributed by atoms with Gasteiger partial charge in [-0.3, -0.25) is 0 Å². The highest BCUT2D eigenvalue weighted by Crippen LogP contribution is 2.23.